The van der Waals surface area contributed by atoms with Gasteiger partial charge in [0.05, 0.1) is 25.4 Å². The van der Waals surface area contributed by atoms with Gasteiger partial charge in [0.2, 0.25) is 0 Å². The van der Waals surface area contributed by atoms with E-state index in [1.807, 2.05) is 0 Å². The van der Waals surface area contributed by atoms with Crippen molar-refractivity contribution in [2.45, 2.75) is 38.5 Å². The zero-order chi connectivity index (χ0) is 26.8. The van der Waals surface area contributed by atoms with Crippen LogP contribution in [-0.2, 0) is 26.2 Å². The molecule has 1 aromatic rings. The second kappa shape index (κ2) is 10.4. The minimum atomic E-state index is -0.946. The Morgan fingerprint density at radius 1 is 1.25 bits per heavy atom. The Bertz CT molecular complexity index is 1050. The van der Waals surface area contributed by atoms with Gasteiger partial charge in [-0.25, -0.2) is 14.4 Å². The topological polar surface area (TPSA) is 148 Å². The Morgan fingerprint density at radius 2 is 1.94 bits per heavy atom. The quantitative estimate of drug-likeness (QED) is 0.398. The lowest BCUT2D eigenvalue weighted by Gasteiger charge is -2.32. The van der Waals surface area contributed by atoms with E-state index in [1.54, 1.807) is 41.9 Å². The molecule has 0 unspecified atom stereocenters. The molecule has 0 aromatic carbocycles. The summed E-state index contributed by atoms with van der Waals surface area (Å²) in [5, 5.41) is 10.6. The van der Waals surface area contributed by atoms with Gasteiger partial charge in [0, 0.05) is 26.7 Å². The molecule has 2 bridgehead atoms. The molecule has 5 amide bonds. The number of hydrogen-bond acceptors (Lipinski definition) is 8. The summed E-state index contributed by atoms with van der Waals surface area (Å²) in [7, 11) is 4.82. The second-order valence-electron chi connectivity index (χ2n) is 9.46. The SMILES string of the molecule is C=CCON1C(=O)N2C[C@H]1c1c(NC(=O)OCCNC(=O)OC(C)(C)C)nn(C)c1[C@H]2C(=O)N(C)C. The molecule has 198 valence electrons. The van der Waals surface area contributed by atoms with Gasteiger partial charge in [-0.1, -0.05) is 6.08 Å². The Labute approximate surface area is 209 Å². The lowest BCUT2D eigenvalue weighted by Crippen LogP contribution is -2.44. The van der Waals surface area contributed by atoms with Crippen LogP contribution < -0.4 is 10.6 Å². The number of urea groups is 1. The van der Waals surface area contributed by atoms with Crippen molar-refractivity contribution >= 4 is 29.9 Å². The number of ether oxygens (including phenoxy) is 2. The number of hydroxylamine groups is 2. The monoisotopic (exact) mass is 507 g/mol. The van der Waals surface area contributed by atoms with Crippen LogP contribution in [0.3, 0.4) is 0 Å². The van der Waals surface area contributed by atoms with E-state index in [4.69, 9.17) is 14.3 Å². The number of fused-ring (bicyclic) bond motifs is 4. The fourth-order valence-electron chi connectivity index (χ4n) is 3.99. The van der Waals surface area contributed by atoms with Crippen molar-refractivity contribution in [2.75, 3.05) is 45.7 Å². The van der Waals surface area contributed by atoms with Gasteiger partial charge in [-0.05, 0) is 20.8 Å². The molecule has 1 aromatic heterocycles. The van der Waals surface area contributed by atoms with Gasteiger partial charge < -0.3 is 24.6 Å². The van der Waals surface area contributed by atoms with Gasteiger partial charge in [0.25, 0.3) is 5.91 Å². The van der Waals surface area contributed by atoms with Crippen molar-refractivity contribution in [1.82, 2.24) is 30.0 Å². The number of rotatable bonds is 8. The third kappa shape index (κ3) is 5.53. The molecule has 2 aliphatic heterocycles. The Morgan fingerprint density at radius 3 is 2.56 bits per heavy atom. The number of carbonyl (C=O) groups is 4. The first kappa shape index (κ1) is 26.8. The molecule has 1 fully saturated rings. The fraction of sp³-hybridized carbons (Fsp3) is 0.591. The first-order valence-corrected chi connectivity index (χ1v) is 11.4. The summed E-state index contributed by atoms with van der Waals surface area (Å²) >= 11 is 0. The maximum Gasteiger partial charge on any atom is 0.412 e. The number of nitrogens with zero attached hydrogens (tertiary/aromatic N) is 5. The van der Waals surface area contributed by atoms with Crippen LogP contribution in [-0.4, -0.2) is 94.8 Å². The number of carbonyl (C=O) groups excluding carboxylic acids is 4. The lowest BCUT2D eigenvalue weighted by atomic mass is 9.96. The zero-order valence-corrected chi connectivity index (χ0v) is 21.4. The number of alkyl carbamates (subject to hydrolysis) is 1. The number of likely N-dealkylation sites (N-methyl/N-ethyl adjacent to an activating group) is 1. The molecule has 3 heterocycles. The van der Waals surface area contributed by atoms with Gasteiger partial charge in [-0.2, -0.15) is 10.2 Å². The minimum absolute atomic E-state index is 0.0390. The zero-order valence-electron chi connectivity index (χ0n) is 21.4. The highest BCUT2D eigenvalue weighted by Crippen LogP contribution is 2.47. The molecule has 0 spiro atoms. The van der Waals surface area contributed by atoms with Crippen LogP contribution in [0.5, 0.6) is 0 Å². The maximum atomic E-state index is 13.1. The van der Waals surface area contributed by atoms with Gasteiger partial charge in [-0.15, -0.1) is 6.58 Å². The van der Waals surface area contributed by atoms with Gasteiger partial charge >= 0.3 is 18.2 Å². The van der Waals surface area contributed by atoms with Crippen LogP contribution in [0.4, 0.5) is 20.2 Å². The maximum absolute atomic E-state index is 13.1. The Hall–Kier alpha value is -3.81. The largest absolute Gasteiger partial charge is 0.447 e. The molecule has 2 aliphatic rings. The summed E-state index contributed by atoms with van der Waals surface area (Å²) in [6, 6.07) is -2.03. The molecule has 0 saturated carbocycles. The number of amides is 5. The number of hydrogen-bond donors (Lipinski definition) is 2. The normalized spacial score (nSPS) is 18.4. The second-order valence-corrected chi connectivity index (χ2v) is 9.46. The highest BCUT2D eigenvalue weighted by atomic mass is 16.7. The third-order valence-corrected chi connectivity index (χ3v) is 5.35. The molecule has 2 atom stereocenters. The molecule has 14 nitrogen and oxygen atoms in total. The first-order valence-electron chi connectivity index (χ1n) is 11.4. The smallest absolute Gasteiger partial charge is 0.412 e. The lowest BCUT2D eigenvalue weighted by molar-refractivity contribution is -0.134. The van der Waals surface area contributed by atoms with Crippen LogP contribution in [0.25, 0.3) is 0 Å². The van der Waals surface area contributed by atoms with Crippen molar-refractivity contribution in [3.63, 3.8) is 0 Å². The Balaban J connectivity index is 1.77. The van der Waals surface area contributed by atoms with Crippen molar-refractivity contribution in [2.24, 2.45) is 7.05 Å². The fourth-order valence-corrected chi connectivity index (χ4v) is 3.99. The standard InChI is InChI=1S/C22H33N7O7/c1-8-10-35-29-13-12-28(21(29)33)16(18(30)26(5)6)15-14(13)17(25-27(15)7)24-20(32)34-11-9-23-19(31)36-22(2,3)4/h8,13,16H,1,9-12H2,2-7H3,(H,23,31)(H,24,25,32)/t13-,16-/m0/s1. The predicted octanol–water partition coefficient (Wildman–Crippen LogP) is 1.53. The van der Waals surface area contributed by atoms with Crippen LogP contribution in [0, 0.1) is 0 Å². The van der Waals surface area contributed by atoms with E-state index in [0.717, 1.165) is 0 Å². The minimum Gasteiger partial charge on any atom is -0.447 e. The van der Waals surface area contributed by atoms with E-state index in [1.165, 1.54) is 25.6 Å². The average molecular weight is 508 g/mol. The number of anilines is 1. The molecule has 14 heteroatoms. The molecular weight excluding hydrogens is 474 g/mol. The van der Waals surface area contributed by atoms with Gasteiger partial charge in [0.15, 0.2) is 11.9 Å². The molecule has 0 aliphatic carbocycles. The van der Waals surface area contributed by atoms with Crippen molar-refractivity contribution in [3.05, 3.63) is 23.9 Å². The summed E-state index contributed by atoms with van der Waals surface area (Å²) in [4.78, 5) is 58.8. The molecule has 0 radical (unpaired) electrons. The van der Waals surface area contributed by atoms with Crippen molar-refractivity contribution < 1.29 is 33.5 Å². The number of aromatic nitrogens is 2. The summed E-state index contributed by atoms with van der Waals surface area (Å²) in [5.74, 6) is -0.181. The molecule has 36 heavy (non-hydrogen) atoms. The van der Waals surface area contributed by atoms with E-state index in [-0.39, 0.29) is 38.0 Å². The van der Waals surface area contributed by atoms with Gasteiger partial charge in [0.1, 0.15) is 18.2 Å². The van der Waals surface area contributed by atoms with Crippen LogP contribution in [0.1, 0.15) is 44.1 Å². The summed E-state index contributed by atoms with van der Waals surface area (Å²) < 4.78 is 11.7. The van der Waals surface area contributed by atoms with E-state index in [2.05, 4.69) is 22.3 Å². The first-order chi connectivity index (χ1) is 16.9. The van der Waals surface area contributed by atoms with E-state index in [0.29, 0.717) is 11.3 Å². The Kier molecular flexibility index (Phi) is 7.77. The highest BCUT2D eigenvalue weighted by molar-refractivity contribution is 5.92. The summed E-state index contributed by atoms with van der Waals surface area (Å²) in [5.41, 5.74) is 0.296. The number of aryl methyl sites for hydroxylation is 1. The molecule has 3 rings (SSSR count). The van der Waals surface area contributed by atoms with E-state index in [9.17, 15) is 19.2 Å². The summed E-state index contributed by atoms with van der Waals surface area (Å²) in [6.07, 6.45) is 0.0546. The van der Waals surface area contributed by atoms with E-state index < -0.39 is 35.9 Å². The van der Waals surface area contributed by atoms with Crippen LogP contribution >= 0.6 is 0 Å². The summed E-state index contributed by atoms with van der Waals surface area (Å²) in [6.45, 7) is 8.98. The highest BCUT2D eigenvalue weighted by Gasteiger charge is 2.54. The molecule has 2 N–H and O–H groups in total. The van der Waals surface area contributed by atoms with Crippen molar-refractivity contribution in [1.29, 1.82) is 0 Å². The molecule has 1 saturated heterocycles. The third-order valence-electron chi connectivity index (χ3n) is 5.35. The number of nitrogens with one attached hydrogen (secondary N) is 2. The van der Waals surface area contributed by atoms with Crippen LogP contribution in [0.2, 0.25) is 0 Å². The molecular formula is C22H33N7O7. The van der Waals surface area contributed by atoms with Crippen LogP contribution in [0.15, 0.2) is 12.7 Å². The van der Waals surface area contributed by atoms with Crippen molar-refractivity contribution in [3.8, 4) is 0 Å². The van der Waals surface area contributed by atoms with Gasteiger partial charge in [-0.3, -0.25) is 19.6 Å². The van der Waals surface area contributed by atoms with E-state index >= 15 is 0 Å². The predicted molar refractivity (Wildman–Crippen MR) is 127 cm³/mol. The average Bonchev–Trinajstić information content (AvgIpc) is 3.23.